The van der Waals surface area contributed by atoms with Crippen LogP contribution < -0.4 is 0 Å². The van der Waals surface area contributed by atoms with E-state index >= 15 is 0 Å². The molecule has 16 heteroatoms. The first-order valence-corrected chi connectivity index (χ1v) is 17.0. The van der Waals surface area contributed by atoms with E-state index in [0.717, 1.165) is 23.5 Å². The molecule has 1 aliphatic heterocycles. The van der Waals surface area contributed by atoms with Crippen molar-refractivity contribution in [3.63, 3.8) is 0 Å². The second kappa shape index (κ2) is 12.5. The zero-order chi connectivity index (χ0) is 29.9. The largest absolute Gasteiger partial charge is 0.427 e. The van der Waals surface area contributed by atoms with Crippen LogP contribution in [0.3, 0.4) is 0 Å². The van der Waals surface area contributed by atoms with E-state index in [-0.39, 0.29) is 15.9 Å². The van der Waals surface area contributed by atoms with Crippen molar-refractivity contribution in [2.45, 2.75) is 83.2 Å². The molecule has 0 aromatic carbocycles. The van der Waals surface area contributed by atoms with Crippen molar-refractivity contribution in [2.75, 3.05) is 12.5 Å². The Morgan fingerprint density at radius 3 is 2.21 bits per heavy atom. The zero-order valence-electron chi connectivity index (χ0n) is 24.0. The number of imide groups is 1. The van der Waals surface area contributed by atoms with Gasteiger partial charge in [0.25, 0.3) is 0 Å². The quantitative estimate of drug-likeness (QED) is 0.101. The fourth-order valence-electron chi connectivity index (χ4n) is 3.12. The van der Waals surface area contributed by atoms with Crippen LogP contribution in [0.5, 0.6) is 0 Å². The fourth-order valence-corrected chi connectivity index (χ4v) is 6.63. The fraction of sp³-hybridized carbons (Fsp3) is 0.739. The molecule has 0 bridgehead atoms. The minimum atomic E-state index is -2.30. The monoisotopic (exact) mass is 603 g/mol. The van der Waals surface area contributed by atoms with E-state index in [4.69, 9.17) is 13.9 Å². The van der Waals surface area contributed by atoms with Crippen LogP contribution in [0.4, 0.5) is 0 Å². The average molecular weight is 604 g/mol. The molecule has 0 N–H and O–H groups in total. The molecule has 1 saturated heterocycles. The molecule has 0 unspecified atom stereocenters. The first-order valence-electron chi connectivity index (χ1n) is 12.2. The number of β-lactam (4-membered cyclic amide) rings is 1. The lowest BCUT2D eigenvalue weighted by atomic mass is 9.92. The van der Waals surface area contributed by atoms with E-state index in [1.54, 1.807) is 34.7 Å². The summed E-state index contributed by atoms with van der Waals surface area (Å²) in [5.41, 5.74) is -0.835. The van der Waals surface area contributed by atoms with Gasteiger partial charge in [-0.15, -0.1) is 5.10 Å². The normalized spacial score (nSPS) is 18.8. The minimum absolute atomic E-state index is 0.0387. The van der Waals surface area contributed by atoms with Gasteiger partial charge in [0.2, 0.25) is 23.0 Å². The van der Waals surface area contributed by atoms with Crippen LogP contribution in [0.15, 0.2) is 5.16 Å². The van der Waals surface area contributed by atoms with Crippen LogP contribution in [-0.2, 0) is 44.9 Å². The summed E-state index contributed by atoms with van der Waals surface area (Å²) in [5.74, 6) is -4.79. The molecule has 2 heterocycles. The lowest BCUT2D eigenvalue weighted by Gasteiger charge is -2.49. The van der Waals surface area contributed by atoms with E-state index < -0.39 is 61.7 Å². The number of nitrogens with zero attached hydrogens (tertiary/aromatic N) is 5. The van der Waals surface area contributed by atoms with Crippen molar-refractivity contribution in [1.29, 1.82) is 0 Å². The molecule has 0 radical (unpaired) electrons. The first-order chi connectivity index (χ1) is 17.8. The molecule has 39 heavy (non-hydrogen) atoms. The van der Waals surface area contributed by atoms with Gasteiger partial charge < -0.3 is 13.9 Å². The topological polar surface area (TPSA) is 160 Å². The molecule has 2 rings (SSSR count). The average Bonchev–Trinajstić information content (AvgIpc) is 3.19. The summed E-state index contributed by atoms with van der Waals surface area (Å²) in [7, 11) is -0.674. The number of tetrazole rings is 1. The van der Waals surface area contributed by atoms with E-state index in [1.165, 1.54) is 4.68 Å². The second-order valence-electron chi connectivity index (χ2n) is 11.6. The SMILES string of the molecule is C[C@H](O[Si](C)(C)C(C)(C)C)[C@@H]1C(=O)N(C(=O)C(=O)OCOC(=O)C(C)(C)C)[C@@H]1SC(=O)CSc1nnnn1C. The number of carbonyl (C=O) groups excluding carboxylic acids is 5. The summed E-state index contributed by atoms with van der Waals surface area (Å²) in [6.45, 7) is 16.0. The van der Waals surface area contributed by atoms with Gasteiger partial charge in [0, 0.05) is 7.05 Å². The molecule has 1 aliphatic rings. The number of rotatable bonds is 9. The maximum Gasteiger partial charge on any atom is 0.400 e. The summed E-state index contributed by atoms with van der Waals surface area (Å²) in [4.78, 5) is 64.0. The molecule has 218 valence electrons. The molecule has 3 atom stereocenters. The summed E-state index contributed by atoms with van der Waals surface area (Å²) in [6.07, 6.45) is -0.618. The van der Waals surface area contributed by atoms with Gasteiger partial charge in [0.05, 0.1) is 23.2 Å². The summed E-state index contributed by atoms with van der Waals surface area (Å²) < 4.78 is 17.4. The van der Waals surface area contributed by atoms with E-state index in [0.29, 0.717) is 10.1 Å². The Morgan fingerprint density at radius 2 is 1.69 bits per heavy atom. The molecule has 1 aromatic rings. The number of aryl methyl sites for hydroxylation is 1. The molecule has 1 aromatic heterocycles. The Balaban J connectivity index is 2.16. The predicted molar refractivity (Wildman–Crippen MR) is 146 cm³/mol. The Kier molecular flexibility index (Phi) is 10.5. The lowest BCUT2D eigenvalue weighted by molar-refractivity contribution is -0.184. The number of ether oxygens (including phenoxy) is 2. The standard InChI is InChI=1S/C23H37N5O8S2Si/c1-13(36-39(9,10)23(5,6)7)15-16(30)28(17(31)19(32)34-12-35-20(33)22(2,3)4)18(15)38-14(29)11-37-21-24-25-26-27(21)8/h13,15,18H,11-12H2,1-10H3/t13-,15+,18+/m0/s1. The molecule has 1 fully saturated rings. The number of thioether (sulfide) groups is 2. The van der Waals surface area contributed by atoms with Gasteiger partial charge in [0.1, 0.15) is 5.37 Å². The highest BCUT2D eigenvalue weighted by molar-refractivity contribution is 8.16. The third-order valence-corrected chi connectivity index (χ3v) is 13.3. The zero-order valence-corrected chi connectivity index (χ0v) is 26.6. The highest BCUT2D eigenvalue weighted by Crippen LogP contribution is 2.43. The first kappa shape index (κ1) is 32.9. The van der Waals surface area contributed by atoms with Crippen molar-refractivity contribution < 1.29 is 37.9 Å². The summed E-state index contributed by atoms with van der Waals surface area (Å²) >= 11 is 1.86. The van der Waals surface area contributed by atoms with Crippen LogP contribution in [0.25, 0.3) is 0 Å². The number of carbonyl (C=O) groups is 5. The van der Waals surface area contributed by atoms with Crippen LogP contribution >= 0.6 is 23.5 Å². The van der Waals surface area contributed by atoms with Crippen LogP contribution in [-0.4, -0.2) is 86.3 Å². The summed E-state index contributed by atoms with van der Waals surface area (Å²) in [6, 6.07) is 0. The van der Waals surface area contributed by atoms with Crippen LogP contribution in [0.1, 0.15) is 48.5 Å². The van der Waals surface area contributed by atoms with E-state index in [2.05, 4.69) is 36.3 Å². The molecular formula is C23H37N5O8S2Si. The van der Waals surface area contributed by atoms with Gasteiger partial charge in [-0.05, 0) is 56.3 Å². The third kappa shape index (κ3) is 8.11. The second-order valence-corrected chi connectivity index (χ2v) is 18.5. The van der Waals surface area contributed by atoms with Crippen molar-refractivity contribution >= 4 is 60.7 Å². The summed E-state index contributed by atoms with van der Waals surface area (Å²) in [5, 5.41) is 9.98. The van der Waals surface area contributed by atoms with E-state index in [9.17, 15) is 24.0 Å². The highest BCUT2D eigenvalue weighted by atomic mass is 32.2. The Hall–Kier alpha value is -2.30. The van der Waals surface area contributed by atoms with Crippen LogP contribution in [0, 0.1) is 11.3 Å². The number of hydrogen-bond donors (Lipinski definition) is 0. The molecule has 2 amide bonds. The maximum absolute atomic E-state index is 13.2. The molecule has 0 spiro atoms. The Labute approximate surface area is 237 Å². The van der Waals surface area contributed by atoms with E-state index in [1.807, 2.05) is 13.1 Å². The predicted octanol–water partition coefficient (Wildman–Crippen LogP) is 2.37. The number of hydrogen-bond acceptors (Lipinski definition) is 13. The molecule has 0 aliphatic carbocycles. The Bertz CT molecular complexity index is 1110. The van der Waals surface area contributed by atoms with Crippen molar-refractivity contribution in [1.82, 2.24) is 25.1 Å². The van der Waals surface area contributed by atoms with Gasteiger partial charge in [-0.3, -0.25) is 24.1 Å². The van der Waals surface area contributed by atoms with Gasteiger partial charge in [-0.25, -0.2) is 9.48 Å². The van der Waals surface area contributed by atoms with Gasteiger partial charge >= 0.3 is 17.8 Å². The van der Waals surface area contributed by atoms with Gasteiger partial charge in [0.15, 0.2) is 8.32 Å². The van der Waals surface area contributed by atoms with Gasteiger partial charge in [-0.1, -0.05) is 44.3 Å². The minimum Gasteiger partial charge on any atom is -0.427 e. The molecule has 0 saturated carbocycles. The third-order valence-electron chi connectivity index (χ3n) is 6.42. The number of esters is 2. The van der Waals surface area contributed by atoms with Crippen molar-refractivity contribution in [3.8, 4) is 0 Å². The number of aromatic nitrogens is 4. The van der Waals surface area contributed by atoms with Gasteiger partial charge in [-0.2, -0.15) is 0 Å². The van der Waals surface area contributed by atoms with Crippen LogP contribution in [0.2, 0.25) is 18.1 Å². The number of amides is 2. The lowest BCUT2D eigenvalue weighted by Crippen LogP contribution is -2.67. The van der Waals surface area contributed by atoms with Crippen molar-refractivity contribution in [2.24, 2.45) is 18.4 Å². The molecular weight excluding hydrogens is 567 g/mol. The smallest absolute Gasteiger partial charge is 0.400 e. The highest BCUT2D eigenvalue weighted by Gasteiger charge is 2.57. The van der Waals surface area contributed by atoms with Crippen molar-refractivity contribution in [3.05, 3.63) is 0 Å². The Morgan fingerprint density at radius 1 is 1.08 bits per heavy atom. The molecule has 13 nitrogen and oxygen atoms in total. The number of likely N-dealkylation sites (tertiary alicyclic amines) is 1. The maximum atomic E-state index is 13.2.